The molecule has 0 saturated carbocycles. The van der Waals surface area contributed by atoms with Gasteiger partial charge in [0.2, 0.25) is 0 Å². The van der Waals surface area contributed by atoms with Crippen molar-refractivity contribution in [1.29, 1.82) is 0 Å². The zero-order valence-electron chi connectivity index (χ0n) is 7.69. The minimum Gasteiger partial charge on any atom is -0.331 e. The minimum atomic E-state index is 0.830. The minimum absolute atomic E-state index is 0.830. The van der Waals surface area contributed by atoms with Crippen LogP contribution in [0.5, 0.6) is 0 Å². The van der Waals surface area contributed by atoms with Gasteiger partial charge in [0.15, 0.2) is 0 Å². The van der Waals surface area contributed by atoms with Crippen LogP contribution in [0.3, 0.4) is 0 Å². The average Bonchev–Trinajstić information content (AvgIpc) is 2.63. The van der Waals surface area contributed by atoms with Gasteiger partial charge in [-0.05, 0) is 13.8 Å². The van der Waals surface area contributed by atoms with Gasteiger partial charge in [-0.25, -0.2) is 9.97 Å². The van der Waals surface area contributed by atoms with Gasteiger partial charge in [0.25, 0.3) is 0 Å². The lowest BCUT2D eigenvalue weighted by molar-refractivity contribution is 0.772. The number of aryl methyl sites for hydroxylation is 2. The Morgan fingerprint density at radius 1 is 1.46 bits per heavy atom. The van der Waals surface area contributed by atoms with Crippen LogP contribution in [0.4, 0.5) is 0 Å². The molecule has 0 aliphatic heterocycles. The van der Waals surface area contributed by atoms with Crippen molar-refractivity contribution in [3.05, 3.63) is 34.3 Å². The van der Waals surface area contributed by atoms with E-state index in [2.05, 4.69) is 16.9 Å². The summed E-state index contributed by atoms with van der Waals surface area (Å²) >= 11 is 1.75. The molecule has 2 aromatic heterocycles. The van der Waals surface area contributed by atoms with E-state index in [4.69, 9.17) is 0 Å². The third kappa shape index (κ3) is 1.78. The van der Waals surface area contributed by atoms with Crippen molar-refractivity contribution < 1.29 is 0 Å². The molecule has 0 unspecified atom stereocenters. The van der Waals surface area contributed by atoms with Gasteiger partial charge in [0.1, 0.15) is 0 Å². The van der Waals surface area contributed by atoms with E-state index in [1.54, 1.807) is 17.5 Å². The summed E-state index contributed by atoms with van der Waals surface area (Å²) in [6.07, 6.45) is 5.55. The van der Waals surface area contributed by atoms with Crippen molar-refractivity contribution in [1.82, 2.24) is 14.5 Å². The topological polar surface area (TPSA) is 30.7 Å². The summed E-state index contributed by atoms with van der Waals surface area (Å²) in [6, 6.07) is 0. The average molecular weight is 193 g/mol. The zero-order valence-corrected chi connectivity index (χ0v) is 8.51. The van der Waals surface area contributed by atoms with Gasteiger partial charge in [-0.15, -0.1) is 11.3 Å². The summed E-state index contributed by atoms with van der Waals surface area (Å²) in [5, 5.41) is 1.13. The summed E-state index contributed by atoms with van der Waals surface area (Å²) in [5.41, 5.74) is 1.15. The van der Waals surface area contributed by atoms with Crippen molar-refractivity contribution in [3.63, 3.8) is 0 Å². The zero-order chi connectivity index (χ0) is 9.26. The van der Waals surface area contributed by atoms with Crippen molar-refractivity contribution in [2.45, 2.75) is 20.4 Å². The first-order chi connectivity index (χ1) is 6.25. The summed E-state index contributed by atoms with van der Waals surface area (Å²) < 4.78 is 2.03. The summed E-state index contributed by atoms with van der Waals surface area (Å²) in [7, 11) is 0. The van der Waals surface area contributed by atoms with Crippen LogP contribution in [0.2, 0.25) is 0 Å². The summed E-state index contributed by atoms with van der Waals surface area (Å²) in [5.74, 6) is 0. The molecular weight excluding hydrogens is 182 g/mol. The molecule has 0 aliphatic carbocycles. The van der Waals surface area contributed by atoms with Crippen LogP contribution in [0.25, 0.3) is 0 Å². The number of thiazole rings is 1. The fourth-order valence-electron chi connectivity index (χ4n) is 1.27. The number of nitrogens with zero attached hydrogens (tertiary/aromatic N) is 3. The maximum Gasteiger partial charge on any atom is 0.0949 e. The second-order valence-electron chi connectivity index (χ2n) is 2.97. The predicted octanol–water partition coefficient (Wildman–Crippen LogP) is 2.00. The molecule has 0 N–H and O–H groups in total. The Hall–Kier alpha value is -1.16. The molecule has 3 nitrogen and oxygen atoms in total. The molecule has 0 bridgehead atoms. The standard InChI is InChI=1S/C9H11N3S/c1-7-9(11-8(2)13-7)5-12-4-3-10-6-12/h3-4,6H,5H2,1-2H3. The highest BCUT2D eigenvalue weighted by Gasteiger charge is 2.04. The molecule has 13 heavy (non-hydrogen) atoms. The van der Waals surface area contributed by atoms with Gasteiger partial charge in [-0.3, -0.25) is 0 Å². The van der Waals surface area contributed by atoms with Crippen LogP contribution in [0.1, 0.15) is 15.6 Å². The summed E-state index contributed by atoms with van der Waals surface area (Å²) in [4.78, 5) is 9.75. The van der Waals surface area contributed by atoms with Crippen LogP contribution in [-0.4, -0.2) is 14.5 Å². The van der Waals surface area contributed by atoms with E-state index in [1.165, 1.54) is 4.88 Å². The predicted molar refractivity (Wildman–Crippen MR) is 52.9 cm³/mol. The first kappa shape index (κ1) is 8.44. The Bertz CT molecular complexity index is 389. The smallest absolute Gasteiger partial charge is 0.0949 e. The van der Waals surface area contributed by atoms with Gasteiger partial charge in [0, 0.05) is 17.3 Å². The van der Waals surface area contributed by atoms with Gasteiger partial charge >= 0.3 is 0 Å². The van der Waals surface area contributed by atoms with Crippen LogP contribution in [-0.2, 0) is 6.54 Å². The molecule has 0 spiro atoms. The monoisotopic (exact) mass is 193 g/mol. The fraction of sp³-hybridized carbons (Fsp3) is 0.333. The van der Waals surface area contributed by atoms with Crippen LogP contribution in [0.15, 0.2) is 18.7 Å². The van der Waals surface area contributed by atoms with Crippen molar-refractivity contribution >= 4 is 11.3 Å². The number of hydrogen-bond acceptors (Lipinski definition) is 3. The molecule has 0 fully saturated rings. The quantitative estimate of drug-likeness (QED) is 0.730. The van der Waals surface area contributed by atoms with Gasteiger partial charge in [0.05, 0.1) is 23.6 Å². The highest BCUT2D eigenvalue weighted by atomic mass is 32.1. The highest BCUT2D eigenvalue weighted by molar-refractivity contribution is 7.11. The van der Waals surface area contributed by atoms with Crippen molar-refractivity contribution in [2.24, 2.45) is 0 Å². The molecule has 0 aromatic carbocycles. The van der Waals surface area contributed by atoms with Crippen LogP contribution in [0, 0.1) is 13.8 Å². The van der Waals surface area contributed by atoms with E-state index in [0.29, 0.717) is 0 Å². The van der Waals surface area contributed by atoms with E-state index in [-0.39, 0.29) is 0 Å². The molecular formula is C9H11N3S. The first-order valence-electron chi connectivity index (χ1n) is 4.14. The van der Waals surface area contributed by atoms with Gasteiger partial charge in [-0.1, -0.05) is 0 Å². The van der Waals surface area contributed by atoms with E-state index in [9.17, 15) is 0 Å². The lowest BCUT2D eigenvalue weighted by Crippen LogP contribution is -1.98. The Morgan fingerprint density at radius 2 is 2.31 bits per heavy atom. The number of rotatable bonds is 2. The third-order valence-electron chi connectivity index (χ3n) is 1.89. The van der Waals surface area contributed by atoms with Crippen molar-refractivity contribution in [3.8, 4) is 0 Å². The Labute approximate surface area is 81.1 Å². The van der Waals surface area contributed by atoms with E-state index in [0.717, 1.165) is 17.2 Å². The maximum absolute atomic E-state index is 4.46. The number of imidazole rings is 1. The fourth-order valence-corrected chi connectivity index (χ4v) is 2.10. The number of aromatic nitrogens is 3. The first-order valence-corrected chi connectivity index (χ1v) is 4.96. The molecule has 0 aliphatic rings. The normalized spacial score (nSPS) is 10.6. The Kier molecular flexibility index (Phi) is 2.14. The highest BCUT2D eigenvalue weighted by Crippen LogP contribution is 2.16. The Morgan fingerprint density at radius 3 is 2.85 bits per heavy atom. The molecule has 68 valence electrons. The lowest BCUT2D eigenvalue weighted by Gasteiger charge is -1.98. The second-order valence-corrected chi connectivity index (χ2v) is 4.38. The van der Waals surface area contributed by atoms with E-state index in [1.807, 2.05) is 24.0 Å². The van der Waals surface area contributed by atoms with Crippen molar-refractivity contribution in [2.75, 3.05) is 0 Å². The van der Waals surface area contributed by atoms with Crippen LogP contribution < -0.4 is 0 Å². The largest absolute Gasteiger partial charge is 0.331 e. The van der Waals surface area contributed by atoms with E-state index >= 15 is 0 Å². The molecule has 2 heterocycles. The van der Waals surface area contributed by atoms with Crippen LogP contribution >= 0.6 is 11.3 Å². The van der Waals surface area contributed by atoms with E-state index < -0.39 is 0 Å². The number of hydrogen-bond donors (Lipinski definition) is 0. The molecule has 0 atom stereocenters. The maximum atomic E-state index is 4.46. The van der Waals surface area contributed by atoms with Gasteiger partial charge < -0.3 is 4.57 Å². The molecule has 0 radical (unpaired) electrons. The second kappa shape index (κ2) is 3.30. The molecule has 2 rings (SSSR count). The summed E-state index contributed by atoms with van der Waals surface area (Å²) in [6.45, 7) is 4.97. The molecule has 0 amide bonds. The lowest BCUT2D eigenvalue weighted by atomic mass is 10.4. The third-order valence-corrected chi connectivity index (χ3v) is 2.82. The Balaban J connectivity index is 2.23. The molecule has 2 aromatic rings. The molecule has 4 heteroatoms. The van der Waals surface area contributed by atoms with Gasteiger partial charge in [-0.2, -0.15) is 0 Å². The SMILES string of the molecule is Cc1nc(Cn2ccnc2)c(C)s1. The molecule has 0 saturated heterocycles.